The van der Waals surface area contributed by atoms with Crippen LogP contribution >= 0.6 is 0 Å². The Bertz CT molecular complexity index is 1410. The van der Waals surface area contributed by atoms with Crippen LogP contribution in [-0.2, 0) is 18.6 Å². The van der Waals surface area contributed by atoms with E-state index in [-0.39, 0.29) is 24.1 Å². The number of piperidine rings is 1. The summed E-state index contributed by atoms with van der Waals surface area (Å²) in [6.07, 6.45) is 7.01. The summed E-state index contributed by atoms with van der Waals surface area (Å²) in [7, 11) is 0. The zero-order valence-electron chi connectivity index (χ0n) is 22.6. The van der Waals surface area contributed by atoms with Crippen molar-refractivity contribution in [3.63, 3.8) is 0 Å². The zero-order chi connectivity index (χ0) is 27.6. The minimum absolute atomic E-state index is 0.0348. The van der Waals surface area contributed by atoms with E-state index in [1.807, 2.05) is 6.07 Å². The van der Waals surface area contributed by atoms with Crippen LogP contribution in [0.15, 0.2) is 85.5 Å². The molecule has 2 aliphatic heterocycles. The molecule has 3 aromatic carbocycles. The van der Waals surface area contributed by atoms with E-state index in [1.165, 1.54) is 46.3 Å². The smallest absolute Gasteiger partial charge is 0.137 e. The van der Waals surface area contributed by atoms with Gasteiger partial charge in [0, 0.05) is 43.5 Å². The number of anilines is 1. The van der Waals surface area contributed by atoms with Crippen molar-refractivity contribution in [1.82, 2.24) is 19.7 Å². The number of rotatable bonds is 8. The van der Waals surface area contributed by atoms with Crippen molar-refractivity contribution in [3.8, 4) is 0 Å². The molecule has 1 spiro atoms. The molecule has 3 heterocycles. The van der Waals surface area contributed by atoms with Gasteiger partial charge in [-0.15, -0.1) is 0 Å². The van der Waals surface area contributed by atoms with Gasteiger partial charge in [-0.05, 0) is 67.0 Å². The van der Waals surface area contributed by atoms with Crippen molar-refractivity contribution in [3.05, 3.63) is 114 Å². The lowest BCUT2D eigenvalue weighted by Gasteiger charge is -2.41. The van der Waals surface area contributed by atoms with Gasteiger partial charge in [-0.2, -0.15) is 5.10 Å². The molecular weight excluding hydrogens is 508 g/mol. The molecule has 1 atom stereocenters. The molecule has 208 valence electrons. The van der Waals surface area contributed by atoms with Crippen LogP contribution in [0.3, 0.4) is 0 Å². The van der Waals surface area contributed by atoms with Gasteiger partial charge in [-0.1, -0.05) is 48.5 Å². The van der Waals surface area contributed by atoms with Crippen molar-refractivity contribution in [2.45, 2.75) is 37.8 Å². The maximum absolute atomic E-state index is 14.9. The van der Waals surface area contributed by atoms with Crippen LogP contribution in [0.1, 0.15) is 36.0 Å². The second kappa shape index (κ2) is 11.1. The molecule has 40 heavy (non-hydrogen) atoms. The number of hydrogen-bond acceptors (Lipinski definition) is 5. The molecule has 2 fully saturated rings. The summed E-state index contributed by atoms with van der Waals surface area (Å²) >= 11 is 0. The van der Waals surface area contributed by atoms with Crippen molar-refractivity contribution in [2.75, 3.05) is 37.6 Å². The second-order valence-corrected chi connectivity index (χ2v) is 11.5. The van der Waals surface area contributed by atoms with Crippen molar-refractivity contribution >= 4 is 5.69 Å². The average Bonchev–Trinajstić information content (AvgIpc) is 3.60. The zero-order valence-corrected chi connectivity index (χ0v) is 22.6. The molecule has 1 N–H and O–H groups in total. The summed E-state index contributed by atoms with van der Waals surface area (Å²) in [4.78, 5) is 8.66. The van der Waals surface area contributed by atoms with Gasteiger partial charge < -0.3 is 10.0 Å². The van der Waals surface area contributed by atoms with Crippen molar-refractivity contribution in [1.29, 1.82) is 0 Å². The van der Waals surface area contributed by atoms with E-state index in [1.54, 1.807) is 0 Å². The van der Waals surface area contributed by atoms with Crippen LogP contribution in [-0.4, -0.2) is 57.5 Å². The van der Waals surface area contributed by atoms with Crippen molar-refractivity contribution in [2.24, 2.45) is 5.41 Å². The Hall–Kier alpha value is -3.62. The Kier molecular flexibility index (Phi) is 7.38. The predicted molar refractivity (Wildman–Crippen MR) is 151 cm³/mol. The first-order chi connectivity index (χ1) is 19.4. The van der Waals surface area contributed by atoms with Gasteiger partial charge >= 0.3 is 0 Å². The Morgan fingerprint density at radius 3 is 2.27 bits per heavy atom. The summed E-state index contributed by atoms with van der Waals surface area (Å²) in [5, 5.41) is 15.9. The predicted octanol–water partition coefficient (Wildman–Crippen LogP) is 5.03. The fraction of sp³-hybridized carbons (Fsp3) is 0.375. The molecule has 0 radical (unpaired) electrons. The summed E-state index contributed by atoms with van der Waals surface area (Å²) < 4.78 is 30.0. The van der Waals surface area contributed by atoms with Crippen LogP contribution in [0.25, 0.3) is 0 Å². The number of likely N-dealkylation sites (tertiary alicyclic amines) is 1. The minimum atomic E-state index is -1.57. The van der Waals surface area contributed by atoms with Gasteiger partial charge in [0.05, 0.1) is 6.54 Å². The third kappa shape index (κ3) is 5.78. The number of hydrogen-bond donors (Lipinski definition) is 1. The molecule has 6 rings (SSSR count). The quantitative estimate of drug-likeness (QED) is 0.338. The summed E-state index contributed by atoms with van der Waals surface area (Å²) in [6, 6.07) is 22.8. The van der Waals surface area contributed by atoms with Crippen LogP contribution in [0.4, 0.5) is 14.5 Å². The molecule has 0 saturated carbocycles. The highest BCUT2D eigenvalue weighted by Gasteiger charge is 2.44. The molecule has 2 aliphatic rings. The standard InChI is InChI=1S/C32H35F2N5O/c33-27-8-11-29(30(34)19-27)32(40,22-39-24-35-23-36-39)21-37-15-12-31(20-37)13-16-38(17-14-31)28-9-6-26(7-10-28)18-25-4-2-1-3-5-25/h1-11,19,23-24,40H,12-18,20-22H2. The third-order valence-corrected chi connectivity index (χ3v) is 8.70. The van der Waals surface area contributed by atoms with Gasteiger partial charge in [-0.3, -0.25) is 4.90 Å². The first-order valence-electron chi connectivity index (χ1n) is 14.0. The highest BCUT2D eigenvalue weighted by Crippen LogP contribution is 2.42. The molecule has 8 heteroatoms. The molecule has 1 unspecified atom stereocenters. The fourth-order valence-electron chi connectivity index (χ4n) is 6.51. The summed E-state index contributed by atoms with van der Waals surface area (Å²) in [5.74, 6) is -1.42. The van der Waals surface area contributed by atoms with Crippen molar-refractivity contribution < 1.29 is 13.9 Å². The van der Waals surface area contributed by atoms with E-state index in [0.717, 1.165) is 57.9 Å². The van der Waals surface area contributed by atoms with Crippen LogP contribution in [0.5, 0.6) is 0 Å². The fourth-order valence-corrected chi connectivity index (χ4v) is 6.51. The number of nitrogens with zero attached hydrogens (tertiary/aromatic N) is 5. The Labute approximate surface area is 233 Å². The molecular formula is C32H35F2N5O. The Morgan fingerprint density at radius 2 is 1.57 bits per heavy atom. The summed E-state index contributed by atoms with van der Waals surface area (Å²) in [6.45, 7) is 3.93. The third-order valence-electron chi connectivity index (χ3n) is 8.70. The maximum atomic E-state index is 14.9. The average molecular weight is 544 g/mol. The van der Waals surface area contributed by atoms with Crippen LogP contribution in [0, 0.1) is 17.0 Å². The lowest BCUT2D eigenvalue weighted by molar-refractivity contribution is -0.0192. The number of β-amino-alcohol motifs (C(OH)–C–C–N with tert-alkyl or cyclic N) is 1. The minimum Gasteiger partial charge on any atom is -0.382 e. The normalized spacial score (nSPS) is 18.7. The van der Waals surface area contributed by atoms with Crippen LogP contribution < -0.4 is 4.90 Å². The van der Waals surface area contributed by atoms with E-state index in [9.17, 15) is 13.9 Å². The first-order valence-corrected chi connectivity index (χ1v) is 14.0. The van der Waals surface area contributed by atoms with Gasteiger partial charge in [0.25, 0.3) is 0 Å². The topological polar surface area (TPSA) is 57.4 Å². The van der Waals surface area contributed by atoms with Gasteiger partial charge in [0.2, 0.25) is 0 Å². The van der Waals surface area contributed by atoms with Crippen LogP contribution in [0.2, 0.25) is 0 Å². The van der Waals surface area contributed by atoms with E-state index < -0.39 is 17.2 Å². The highest BCUT2D eigenvalue weighted by atomic mass is 19.1. The highest BCUT2D eigenvalue weighted by molar-refractivity contribution is 5.48. The number of halogens is 2. The lowest BCUT2D eigenvalue weighted by atomic mass is 9.77. The summed E-state index contributed by atoms with van der Waals surface area (Å²) in [5.41, 5.74) is 2.58. The molecule has 0 amide bonds. The SMILES string of the molecule is OC(CN1CCC2(CCN(c3ccc(Cc4ccccc4)cc3)CC2)C1)(Cn1cncn1)c1ccc(F)cc1F. The number of aliphatic hydroxyl groups is 1. The van der Waals surface area contributed by atoms with E-state index in [0.29, 0.717) is 0 Å². The molecule has 0 bridgehead atoms. The first kappa shape index (κ1) is 26.6. The number of aromatic nitrogens is 3. The van der Waals surface area contributed by atoms with Gasteiger partial charge in [0.15, 0.2) is 0 Å². The molecule has 6 nitrogen and oxygen atoms in total. The lowest BCUT2D eigenvalue weighted by Crippen LogP contribution is -2.46. The Balaban J connectivity index is 1.09. The maximum Gasteiger partial charge on any atom is 0.137 e. The Morgan fingerprint density at radius 1 is 0.850 bits per heavy atom. The largest absolute Gasteiger partial charge is 0.382 e. The molecule has 2 saturated heterocycles. The molecule has 4 aromatic rings. The van der Waals surface area contributed by atoms with Gasteiger partial charge in [0.1, 0.15) is 29.9 Å². The second-order valence-electron chi connectivity index (χ2n) is 11.5. The number of benzene rings is 3. The molecule has 0 aliphatic carbocycles. The molecule has 1 aromatic heterocycles. The van der Waals surface area contributed by atoms with E-state index in [2.05, 4.69) is 68.4 Å². The monoisotopic (exact) mass is 543 g/mol. The van der Waals surface area contributed by atoms with E-state index >= 15 is 0 Å². The van der Waals surface area contributed by atoms with Gasteiger partial charge in [-0.25, -0.2) is 18.4 Å². The van der Waals surface area contributed by atoms with E-state index in [4.69, 9.17) is 0 Å².